The normalized spacial score (nSPS) is 10.4. The van der Waals surface area contributed by atoms with Gasteiger partial charge in [0.05, 0.1) is 18.8 Å². The van der Waals surface area contributed by atoms with Crippen LogP contribution < -0.4 is 4.74 Å². The number of nitrogens with zero attached hydrogens (tertiary/aromatic N) is 1. The summed E-state index contributed by atoms with van der Waals surface area (Å²) in [5, 5.41) is 2.23. The summed E-state index contributed by atoms with van der Waals surface area (Å²) in [6, 6.07) is 17.3. The van der Waals surface area contributed by atoms with E-state index in [9.17, 15) is 4.79 Å². The van der Waals surface area contributed by atoms with Gasteiger partial charge < -0.3 is 9.47 Å². The Morgan fingerprint density at radius 1 is 0.913 bits per heavy atom. The van der Waals surface area contributed by atoms with E-state index in [4.69, 9.17) is 9.47 Å². The molecule has 2 aromatic carbocycles. The Balaban J connectivity index is 1.47. The molecule has 0 saturated heterocycles. The molecule has 0 aliphatic heterocycles. The third kappa shape index (κ3) is 3.86. The third-order valence-corrected chi connectivity index (χ3v) is 3.45. The van der Waals surface area contributed by atoms with Crippen molar-refractivity contribution in [1.29, 1.82) is 0 Å². The van der Waals surface area contributed by atoms with Crippen molar-refractivity contribution in [2.24, 2.45) is 0 Å². The van der Waals surface area contributed by atoms with Crippen LogP contribution in [0.25, 0.3) is 10.8 Å². The van der Waals surface area contributed by atoms with Gasteiger partial charge in [-0.3, -0.25) is 4.98 Å². The molecule has 3 aromatic rings. The number of rotatable bonds is 6. The SMILES string of the molecule is O=C(OCCCOc1cccc2ccccc12)c1ccncc1. The average molecular weight is 307 g/mol. The maximum Gasteiger partial charge on any atom is 0.338 e. The van der Waals surface area contributed by atoms with E-state index in [-0.39, 0.29) is 5.97 Å². The average Bonchev–Trinajstić information content (AvgIpc) is 2.62. The molecule has 0 aliphatic carbocycles. The topological polar surface area (TPSA) is 48.4 Å². The molecule has 0 aliphatic rings. The van der Waals surface area contributed by atoms with Crippen LogP contribution in [0, 0.1) is 0 Å². The predicted molar refractivity (Wildman–Crippen MR) is 88.6 cm³/mol. The van der Waals surface area contributed by atoms with E-state index in [0.29, 0.717) is 25.2 Å². The van der Waals surface area contributed by atoms with Crippen molar-refractivity contribution in [2.75, 3.05) is 13.2 Å². The van der Waals surface area contributed by atoms with E-state index in [2.05, 4.69) is 17.1 Å². The number of carbonyl (C=O) groups excluding carboxylic acids is 1. The molecule has 0 saturated carbocycles. The first-order valence-corrected chi connectivity index (χ1v) is 7.52. The van der Waals surface area contributed by atoms with Gasteiger partial charge in [-0.15, -0.1) is 0 Å². The van der Waals surface area contributed by atoms with E-state index in [1.165, 1.54) is 0 Å². The van der Waals surface area contributed by atoms with Gasteiger partial charge >= 0.3 is 5.97 Å². The van der Waals surface area contributed by atoms with Crippen LogP contribution in [0.3, 0.4) is 0 Å². The molecule has 23 heavy (non-hydrogen) atoms. The molecule has 0 fully saturated rings. The van der Waals surface area contributed by atoms with Crippen molar-refractivity contribution in [1.82, 2.24) is 4.98 Å². The first-order valence-electron chi connectivity index (χ1n) is 7.52. The predicted octanol–water partition coefficient (Wildman–Crippen LogP) is 3.86. The summed E-state index contributed by atoms with van der Waals surface area (Å²) in [7, 11) is 0. The highest BCUT2D eigenvalue weighted by Gasteiger charge is 2.06. The zero-order chi connectivity index (χ0) is 15.9. The number of benzene rings is 2. The lowest BCUT2D eigenvalue weighted by atomic mass is 10.1. The highest BCUT2D eigenvalue weighted by atomic mass is 16.5. The molecule has 1 aromatic heterocycles. The van der Waals surface area contributed by atoms with Crippen LogP contribution in [0.4, 0.5) is 0 Å². The molecule has 4 heteroatoms. The van der Waals surface area contributed by atoms with Crippen LogP contribution in [0.1, 0.15) is 16.8 Å². The van der Waals surface area contributed by atoms with Crippen LogP contribution in [0.5, 0.6) is 5.75 Å². The van der Waals surface area contributed by atoms with Crippen molar-refractivity contribution in [3.05, 3.63) is 72.6 Å². The van der Waals surface area contributed by atoms with E-state index in [1.54, 1.807) is 24.5 Å². The number of hydrogen-bond acceptors (Lipinski definition) is 4. The molecule has 116 valence electrons. The van der Waals surface area contributed by atoms with E-state index >= 15 is 0 Å². The van der Waals surface area contributed by atoms with Gasteiger partial charge in [0.25, 0.3) is 0 Å². The fourth-order valence-electron chi connectivity index (χ4n) is 2.30. The smallest absolute Gasteiger partial charge is 0.338 e. The van der Waals surface area contributed by atoms with Gasteiger partial charge in [0.15, 0.2) is 0 Å². The van der Waals surface area contributed by atoms with Gasteiger partial charge in [-0.2, -0.15) is 0 Å². The number of aromatic nitrogens is 1. The molecular weight excluding hydrogens is 290 g/mol. The number of carbonyl (C=O) groups is 1. The van der Waals surface area contributed by atoms with Gasteiger partial charge in [0.2, 0.25) is 0 Å². The lowest BCUT2D eigenvalue weighted by Crippen LogP contribution is -2.09. The van der Waals surface area contributed by atoms with E-state index in [1.807, 2.05) is 30.3 Å². The number of esters is 1. The van der Waals surface area contributed by atoms with E-state index in [0.717, 1.165) is 16.5 Å². The molecule has 0 bridgehead atoms. The highest BCUT2D eigenvalue weighted by molar-refractivity contribution is 5.89. The van der Waals surface area contributed by atoms with Crippen molar-refractivity contribution in [2.45, 2.75) is 6.42 Å². The maximum atomic E-state index is 11.8. The van der Waals surface area contributed by atoms with Crippen molar-refractivity contribution in [3.63, 3.8) is 0 Å². The highest BCUT2D eigenvalue weighted by Crippen LogP contribution is 2.25. The minimum Gasteiger partial charge on any atom is -0.493 e. The number of pyridine rings is 1. The van der Waals surface area contributed by atoms with Crippen LogP contribution in [-0.4, -0.2) is 24.2 Å². The van der Waals surface area contributed by atoms with Crippen LogP contribution in [0.15, 0.2) is 67.0 Å². The molecule has 0 spiro atoms. The molecular formula is C19H17NO3. The second-order valence-electron chi connectivity index (χ2n) is 5.05. The minimum atomic E-state index is -0.336. The van der Waals surface area contributed by atoms with Crippen LogP contribution in [0.2, 0.25) is 0 Å². The number of ether oxygens (including phenoxy) is 2. The van der Waals surface area contributed by atoms with Crippen LogP contribution in [-0.2, 0) is 4.74 Å². The Bertz CT molecular complexity index is 781. The summed E-state index contributed by atoms with van der Waals surface area (Å²) in [5.41, 5.74) is 0.509. The number of hydrogen-bond donors (Lipinski definition) is 0. The van der Waals surface area contributed by atoms with Gasteiger partial charge in [-0.25, -0.2) is 4.79 Å². The molecule has 0 unspecified atom stereocenters. The first kappa shape index (κ1) is 15.0. The van der Waals surface area contributed by atoms with Crippen molar-refractivity contribution >= 4 is 16.7 Å². The maximum absolute atomic E-state index is 11.8. The summed E-state index contributed by atoms with van der Waals surface area (Å²) in [6.45, 7) is 0.823. The monoisotopic (exact) mass is 307 g/mol. The Morgan fingerprint density at radius 3 is 2.57 bits per heavy atom. The molecule has 4 nitrogen and oxygen atoms in total. The molecule has 0 N–H and O–H groups in total. The van der Waals surface area contributed by atoms with Crippen LogP contribution >= 0.6 is 0 Å². The molecule has 0 amide bonds. The van der Waals surface area contributed by atoms with Crippen molar-refractivity contribution < 1.29 is 14.3 Å². The Labute approximate surface area is 134 Å². The molecule has 1 heterocycles. The number of fused-ring (bicyclic) bond motifs is 1. The second kappa shape index (κ2) is 7.40. The molecule has 0 radical (unpaired) electrons. The standard InChI is InChI=1S/C19H17NO3/c21-19(16-9-11-20-12-10-16)23-14-4-13-22-18-8-3-6-15-5-1-2-7-17(15)18/h1-3,5-12H,4,13-14H2. The lowest BCUT2D eigenvalue weighted by molar-refractivity contribution is 0.0486. The van der Waals surface area contributed by atoms with Gasteiger partial charge in [-0.1, -0.05) is 36.4 Å². The Kier molecular flexibility index (Phi) is 4.84. The zero-order valence-corrected chi connectivity index (χ0v) is 12.6. The summed E-state index contributed by atoms with van der Waals surface area (Å²) < 4.78 is 11.0. The largest absolute Gasteiger partial charge is 0.493 e. The van der Waals surface area contributed by atoms with Crippen molar-refractivity contribution in [3.8, 4) is 5.75 Å². The Hall–Kier alpha value is -2.88. The lowest BCUT2D eigenvalue weighted by Gasteiger charge is -2.09. The second-order valence-corrected chi connectivity index (χ2v) is 5.05. The summed E-state index contributed by atoms with van der Waals surface area (Å²) in [6.07, 6.45) is 3.78. The fourth-order valence-corrected chi connectivity index (χ4v) is 2.30. The zero-order valence-electron chi connectivity index (χ0n) is 12.6. The van der Waals surface area contributed by atoms with E-state index < -0.39 is 0 Å². The summed E-state index contributed by atoms with van der Waals surface area (Å²) >= 11 is 0. The minimum absolute atomic E-state index is 0.325. The summed E-state index contributed by atoms with van der Waals surface area (Å²) in [5.74, 6) is 0.515. The fraction of sp³-hybridized carbons (Fsp3) is 0.158. The quantitative estimate of drug-likeness (QED) is 0.512. The summed E-state index contributed by atoms with van der Waals surface area (Å²) in [4.78, 5) is 15.6. The first-order chi connectivity index (χ1) is 11.3. The van der Waals surface area contributed by atoms with Gasteiger partial charge in [-0.05, 0) is 23.6 Å². The van der Waals surface area contributed by atoms with Gasteiger partial charge in [0, 0.05) is 24.2 Å². The third-order valence-electron chi connectivity index (χ3n) is 3.45. The molecule has 0 atom stereocenters. The Morgan fingerprint density at radius 2 is 1.70 bits per heavy atom. The van der Waals surface area contributed by atoms with Gasteiger partial charge in [0.1, 0.15) is 5.75 Å². The molecule has 3 rings (SSSR count).